The summed E-state index contributed by atoms with van der Waals surface area (Å²) < 4.78 is 35.1. The van der Waals surface area contributed by atoms with Crippen LogP contribution in [0.1, 0.15) is 6.42 Å². The highest BCUT2D eigenvalue weighted by Gasteiger charge is 2.50. The van der Waals surface area contributed by atoms with Gasteiger partial charge in [0.05, 0.1) is 0 Å². The quantitative estimate of drug-likeness (QED) is 0.459. The molecule has 0 aliphatic carbocycles. The number of hydrogen-bond donors (Lipinski definition) is 0. The molecule has 0 nitrogen and oxygen atoms in total. The molecule has 0 rings (SSSR count). The number of halogens is 6. The van der Waals surface area contributed by atoms with Gasteiger partial charge >= 0.3 is 4.83 Å². The van der Waals surface area contributed by atoms with Crippen LogP contribution < -0.4 is 0 Å². The minimum atomic E-state index is -3.42. The Kier molecular flexibility index (Phi) is 4.82. The molecule has 0 spiro atoms. The maximum absolute atomic E-state index is 12.8. The molecule has 0 saturated heterocycles. The zero-order valence-corrected chi connectivity index (χ0v) is 10.6. The molecule has 1 atom stereocenters. The summed E-state index contributed by atoms with van der Waals surface area (Å²) in [4.78, 5) is -3.42. The van der Waals surface area contributed by atoms with Crippen molar-refractivity contribution in [3.63, 3.8) is 0 Å². The third-order valence-corrected chi connectivity index (χ3v) is 3.95. The van der Waals surface area contributed by atoms with Crippen LogP contribution in [0.3, 0.4) is 0 Å². The fourth-order valence-corrected chi connectivity index (χ4v) is 2.50. The second-order valence-electron chi connectivity index (χ2n) is 1.64. The normalized spacial score (nSPS) is 18.6. The lowest BCUT2D eigenvalue weighted by Gasteiger charge is -2.22. The third-order valence-electron chi connectivity index (χ3n) is 0.823. The van der Waals surface area contributed by atoms with Gasteiger partial charge in [0, 0.05) is 10.8 Å². The van der Waals surface area contributed by atoms with Gasteiger partial charge in [0.25, 0.3) is 0 Å². The summed E-state index contributed by atoms with van der Waals surface area (Å²) in [7, 11) is 0. The SMILES string of the molecule is FC(F)(Br)C(F)(I)CCI. The molecule has 1 unspecified atom stereocenters. The van der Waals surface area contributed by atoms with Gasteiger partial charge in [-0.1, -0.05) is 22.6 Å². The van der Waals surface area contributed by atoms with E-state index in [4.69, 9.17) is 0 Å². The van der Waals surface area contributed by atoms with Crippen molar-refractivity contribution in [3.8, 4) is 0 Å². The lowest BCUT2D eigenvalue weighted by Crippen LogP contribution is -2.33. The molecule has 0 radical (unpaired) electrons. The van der Waals surface area contributed by atoms with E-state index in [9.17, 15) is 13.2 Å². The monoisotopic (exact) mass is 442 g/mol. The van der Waals surface area contributed by atoms with Crippen molar-refractivity contribution >= 4 is 61.1 Å². The zero-order chi connectivity index (χ0) is 8.41. The van der Waals surface area contributed by atoms with Crippen molar-refractivity contribution < 1.29 is 13.2 Å². The highest BCUT2D eigenvalue weighted by molar-refractivity contribution is 14.1. The second-order valence-corrected chi connectivity index (χ2v) is 5.43. The Labute approximate surface area is 92.7 Å². The Morgan fingerprint density at radius 3 is 1.80 bits per heavy atom. The van der Waals surface area contributed by atoms with Crippen molar-refractivity contribution in [2.75, 3.05) is 4.43 Å². The first-order valence-electron chi connectivity index (χ1n) is 2.32. The van der Waals surface area contributed by atoms with Crippen LogP contribution in [0.15, 0.2) is 0 Å². The molecule has 0 heterocycles. The van der Waals surface area contributed by atoms with Crippen LogP contribution in [0.4, 0.5) is 13.2 Å². The van der Waals surface area contributed by atoms with Crippen LogP contribution in [-0.2, 0) is 0 Å². The van der Waals surface area contributed by atoms with E-state index in [-0.39, 0.29) is 6.42 Å². The van der Waals surface area contributed by atoms with Crippen molar-refractivity contribution in [2.45, 2.75) is 14.9 Å². The molecule has 0 aromatic rings. The highest BCUT2D eigenvalue weighted by atomic mass is 127. The molecule has 0 bridgehead atoms. The third kappa shape index (κ3) is 3.42. The minimum absolute atomic E-state index is 0.160. The maximum atomic E-state index is 12.8. The van der Waals surface area contributed by atoms with Crippen molar-refractivity contribution in [1.82, 2.24) is 0 Å². The summed E-state index contributed by atoms with van der Waals surface area (Å²) in [5.74, 6) is 0. The summed E-state index contributed by atoms with van der Waals surface area (Å²) in [6.45, 7) is 0. The van der Waals surface area contributed by atoms with Crippen LogP contribution in [0.25, 0.3) is 0 Å². The molecule has 6 heteroatoms. The first kappa shape index (κ1) is 11.7. The van der Waals surface area contributed by atoms with Crippen LogP contribution in [0, 0.1) is 0 Å². The van der Waals surface area contributed by atoms with Crippen molar-refractivity contribution in [2.24, 2.45) is 0 Å². The van der Waals surface area contributed by atoms with Gasteiger partial charge in [0.15, 0.2) is 0 Å². The second kappa shape index (κ2) is 4.11. The van der Waals surface area contributed by atoms with E-state index in [0.29, 0.717) is 4.43 Å². The lowest BCUT2D eigenvalue weighted by molar-refractivity contribution is 0.0105. The summed E-state index contributed by atoms with van der Waals surface area (Å²) >= 11 is 4.95. The van der Waals surface area contributed by atoms with Crippen molar-refractivity contribution in [1.29, 1.82) is 0 Å². The van der Waals surface area contributed by atoms with Crippen LogP contribution in [-0.4, -0.2) is 12.9 Å². The molecule has 0 aromatic carbocycles. The van der Waals surface area contributed by atoms with Crippen LogP contribution in [0.2, 0.25) is 0 Å². The van der Waals surface area contributed by atoms with E-state index in [1.54, 1.807) is 0 Å². The molecule has 0 aliphatic heterocycles. The first-order chi connectivity index (χ1) is 4.31. The lowest BCUT2D eigenvalue weighted by atomic mass is 10.3. The van der Waals surface area contributed by atoms with E-state index in [2.05, 4.69) is 0 Å². The summed E-state index contributed by atoms with van der Waals surface area (Å²) in [6.07, 6.45) is -0.160. The van der Waals surface area contributed by atoms with Gasteiger partial charge in [-0.15, -0.1) is 0 Å². The van der Waals surface area contributed by atoms with Gasteiger partial charge in [0.1, 0.15) is 0 Å². The van der Waals surface area contributed by atoms with E-state index >= 15 is 0 Å². The maximum Gasteiger partial charge on any atom is 0.343 e. The van der Waals surface area contributed by atoms with E-state index in [1.807, 2.05) is 38.5 Å². The average Bonchev–Trinajstić information content (AvgIpc) is 1.61. The van der Waals surface area contributed by atoms with Gasteiger partial charge in [-0.05, 0) is 38.5 Å². The molecular weight excluding hydrogens is 439 g/mol. The number of alkyl halides is 6. The molecule has 0 saturated carbocycles. The zero-order valence-electron chi connectivity index (χ0n) is 4.68. The Morgan fingerprint density at radius 2 is 1.70 bits per heavy atom. The van der Waals surface area contributed by atoms with Gasteiger partial charge in [-0.25, -0.2) is 4.39 Å². The van der Waals surface area contributed by atoms with Crippen LogP contribution >= 0.6 is 61.1 Å². The largest absolute Gasteiger partial charge is 0.343 e. The van der Waals surface area contributed by atoms with Gasteiger partial charge < -0.3 is 0 Å². The van der Waals surface area contributed by atoms with E-state index < -0.39 is 8.51 Å². The number of hydrogen-bond acceptors (Lipinski definition) is 0. The minimum Gasteiger partial charge on any atom is -0.225 e. The number of rotatable bonds is 3. The Hall–Kier alpha value is 1.73. The molecule has 0 aliphatic rings. The topological polar surface area (TPSA) is 0 Å². The Morgan fingerprint density at radius 1 is 1.30 bits per heavy atom. The van der Waals surface area contributed by atoms with E-state index in [0.717, 1.165) is 22.6 Å². The Bertz CT molecular complexity index is 112. The molecule has 0 aromatic heterocycles. The average molecular weight is 443 g/mol. The molecule has 62 valence electrons. The molecule has 10 heavy (non-hydrogen) atoms. The fraction of sp³-hybridized carbons (Fsp3) is 1.00. The molecule has 0 fully saturated rings. The summed E-state index contributed by atoms with van der Waals surface area (Å²) in [6, 6.07) is 0. The summed E-state index contributed by atoms with van der Waals surface area (Å²) in [5, 5.41) is 0. The van der Waals surface area contributed by atoms with Crippen molar-refractivity contribution in [3.05, 3.63) is 0 Å². The molecule has 0 amide bonds. The molecular formula is C4H4BrF3I2. The Balaban J connectivity index is 4.10. The highest BCUT2D eigenvalue weighted by Crippen LogP contribution is 2.45. The fourth-order valence-electron chi connectivity index (χ4n) is 0.260. The first-order valence-corrected chi connectivity index (χ1v) is 5.71. The smallest absolute Gasteiger partial charge is 0.225 e. The predicted octanol–water partition coefficient (Wildman–Crippen LogP) is 3.90. The van der Waals surface area contributed by atoms with Gasteiger partial charge in [0.2, 0.25) is 3.68 Å². The summed E-state index contributed by atoms with van der Waals surface area (Å²) in [5.41, 5.74) is 0. The van der Waals surface area contributed by atoms with E-state index in [1.165, 1.54) is 0 Å². The van der Waals surface area contributed by atoms with Crippen LogP contribution in [0.5, 0.6) is 0 Å². The van der Waals surface area contributed by atoms with Gasteiger partial charge in [-0.2, -0.15) is 8.78 Å². The van der Waals surface area contributed by atoms with Gasteiger partial charge in [-0.3, -0.25) is 0 Å². The molecule has 0 N–H and O–H groups in total. The standard InChI is InChI=1S/C4H4BrF3I2/c5-4(7,8)3(6,10)1-2-9/h1-2H2. The predicted molar refractivity (Wildman–Crippen MR) is 55.2 cm³/mol.